The zero-order chi connectivity index (χ0) is 17.5. The number of ether oxygens (including phenoxy) is 1. The molecule has 0 saturated heterocycles. The lowest BCUT2D eigenvalue weighted by molar-refractivity contribution is -0.141. The van der Waals surface area contributed by atoms with Crippen LogP contribution in [0.1, 0.15) is 11.1 Å². The first-order chi connectivity index (χ1) is 11.5. The largest absolute Gasteiger partial charge is 0.495 e. The molecule has 1 amide bonds. The van der Waals surface area contributed by atoms with Crippen LogP contribution in [0.3, 0.4) is 0 Å². The summed E-state index contributed by atoms with van der Waals surface area (Å²) in [4.78, 5) is 23.5. The Labute approximate surface area is 145 Å². The summed E-state index contributed by atoms with van der Waals surface area (Å²) in [6, 6.07) is 13.2. The monoisotopic (exact) mass is 347 g/mol. The molecule has 0 fully saturated rings. The van der Waals surface area contributed by atoms with Crippen LogP contribution in [0.25, 0.3) is 0 Å². The number of hydrogen-bond acceptors (Lipinski definition) is 3. The minimum absolute atomic E-state index is 0.0439. The van der Waals surface area contributed by atoms with Crippen LogP contribution in [-0.4, -0.2) is 30.1 Å². The maximum atomic E-state index is 12.1. The van der Waals surface area contributed by atoms with Crippen molar-refractivity contribution in [2.45, 2.75) is 18.9 Å². The maximum Gasteiger partial charge on any atom is 0.326 e. The van der Waals surface area contributed by atoms with E-state index in [1.54, 1.807) is 18.2 Å². The van der Waals surface area contributed by atoms with Gasteiger partial charge >= 0.3 is 5.97 Å². The summed E-state index contributed by atoms with van der Waals surface area (Å²) in [7, 11) is 1.51. The maximum absolute atomic E-state index is 12.1. The fourth-order valence-corrected chi connectivity index (χ4v) is 2.58. The second kappa shape index (κ2) is 8.36. The van der Waals surface area contributed by atoms with Gasteiger partial charge in [0.1, 0.15) is 11.8 Å². The number of amides is 1. The number of halogens is 1. The molecule has 0 heterocycles. The second-order valence-electron chi connectivity index (χ2n) is 5.29. The molecule has 2 rings (SSSR count). The highest BCUT2D eigenvalue weighted by molar-refractivity contribution is 6.32. The normalized spacial score (nSPS) is 11.6. The Morgan fingerprint density at radius 3 is 2.46 bits per heavy atom. The zero-order valence-corrected chi connectivity index (χ0v) is 13.9. The van der Waals surface area contributed by atoms with Gasteiger partial charge in [-0.05, 0) is 23.3 Å². The van der Waals surface area contributed by atoms with Crippen LogP contribution in [-0.2, 0) is 22.4 Å². The second-order valence-corrected chi connectivity index (χ2v) is 5.70. The summed E-state index contributed by atoms with van der Waals surface area (Å²) >= 11 is 6.03. The van der Waals surface area contributed by atoms with E-state index in [2.05, 4.69) is 5.32 Å². The predicted molar refractivity (Wildman–Crippen MR) is 91.4 cm³/mol. The molecule has 2 N–H and O–H groups in total. The summed E-state index contributed by atoms with van der Waals surface area (Å²) in [6.07, 6.45) is 0.271. The number of benzene rings is 2. The van der Waals surface area contributed by atoms with Crippen molar-refractivity contribution >= 4 is 23.5 Å². The number of carbonyl (C=O) groups excluding carboxylic acids is 1. The van der Waals surface area contributed by atoms with Crippen molar-refractivity contribution in [1.82, 2.24) is 5.32 Å². The molecular formula is C18H18ClNO4. The van der Waals surface area contributed by atoms with E-state index in [1.807, 2.05) is 30.3 Å². The van der Waals surface area contributed by atoms with Crippen LogP contribution < -0.4 is 10.1 Å². The van der Waals surface area contributed by atoms with Crippen molar-refractivity contribution in [3.8, 4) is 5.75 Å². The van der Waals surface area contributed by atoms with Gasteiger partial charge in [-0.25, -0.2) is 4.79 Å². The topological polar surface area (TPSA) is 75.6 Å². The Hall–Kier alpha value is -2.53. The van der Waals surface area contributed by atoms with Crippen LogP contribution in [0.2, 0.25) is 5.02 Å². The van der Waals surface area contributed by atoms with E-state index in [-0.39, 0.29) is 18.7 Å². The minimum Gasteiger partial charge on any atom is -0.495 e. The van der Waals surface area contributed by atoms with Gasteiger partial charge in [-0.3, -0.25) is 4.79 Å². The number of carbonyl (C=O) groups is 2. The Morgan fingerprint density at radius 1 is 1.17 bits per heavy atom. The Morgan fingerprint density at radius 2 is 1.88 bits per heavy atom. The summed E-state index contributed by atoms with van der Waals surface area (Å²) in [6.45, 7) is 0. The third kappa shape index (κ3) is 4.99. The molecule has 0 radical (unpaired) electrons. The van der Waals surface area contributed by atoms with Gasteiger partial charge < -0.3 is 15.2 Å². The summed E-state index contributed by atoms with van der Waals surface area (Å²) in [5.74, 6) is -0.923. The quantitative estimate of drug-likeness (QED) is 0.807. The van der Waals surface area contributed by atoms with Gasteiger partial charge in [-0.2, -0.15) is 0 Å². The smallest absolute Gasteiger partial charge is 0.326 e. The molecule has 0 aromatic heterocycles. The highest BCUT2D eigenvalue weighted by atomic mass is 35.5. The number of rotatable bonds is 7. The first-order valence-corrected chi connectivity index (χ1v) is 7.76. The van der Waals surface area contributed by atoms with E-state index < -0.39 is 12.0 Å². The van der Waals surface area contributed by atoms with E-state index >= 15 is 0 Å². The van der Waals surface area contributed by atoms with Crippen LogP contribution in [0.5, 0.6) is 5.75 Å². The van der Waals surface area contributed by atoms with Crippen LogP contribution >= 0.6 is 11.6 Å². The van der Waals surface area contributed by atoms with Gasteiger partial charge in [-0.1, -0.05) is 48.0 Å². The average molecular weight is 348 g/mol. The van der Waals surface area contributed by atoms with Gasteiger partial charge in [0.2, 0.25) is 5.91 Å². The fourth-order valence-electron chi connectivity index (χ4n) is 2.30. The van der Waals surface area contributed by atoms with Crippen LogP contribution in [0, 0.1) is 0 Å². The molecule has 2 aromatic carbocycles. The molecule has 0 aliphatic heterocycles. The first-order valence-electron chi connectivity index (χ1n) is 7.38. The molecule has 0 unspecified atom stereocenters. The van der Waals surface area contributed by atoms with Crippen molar-refractivity contribution in [2.24, 2.45) is 0 Å². The van der Waals surface area contributed by atoms with Gasteiger partial charge in [0.15, 0.2) is 0 Å². The highest BCUT2D eigenvalue weighted by Crippen LogP contribution is 2.25. The van der Waals surface area contributed by atoms with Crippen molar-refractivity contribution in [1.29, 1.82) is 0 Å². The average Bonchev–Trinajstić information content (AvgIpc) is 2.55. The summed E-state index contributed by atoms with van der Waals surface area (Å²) in [5, 5.41) is 12.3. The van der Waals surface area contributed by atoms with E-state index in [9.17, 15) is 14.7 Å². The molecule has 0 aliphatic carbocycles. The molecule has 24 heavy (non-hydrogen) atoms. The van der Waals surface area contributed by atoms with Crippen molar-refractivity contribution in [3.63, 3.8) is 0 Å². The van der Waals surface area contributed by atoms with Gasteiger partial charge in [0, 0.05) is 6.42 Å². The number of carboxylic acid groups (broad SMARTS) is 1. The lowest BCUT2D eigenvalue weighted by atomic mass is 10.1. The van der Waals surface area contributed by atoms with E-state index in [4.69, 9.17) is 16.3 Å². The van der Waals surface area contributed by atoms with Crippen molar-refractivity contribution in [2.75, 3.05) is 7.11 Å². The Balaban J connectivity index is 2.00. The van der Waals surface area contributed by atoms with Gasteiger partial charge in [0.05, 0.1) is 18.6 Å². The van der Waals surface area contributed by atoms with Crippen molar-refractivity contribution < 1.29 is 19.4 Å². The summed E-state index contributed by atoms with van der Waals surface area (Å²) in [5.41, 5.74) is 1.53. The van der Waals surface area contributed by atoms with E-state index in [0.29, 0.717) is 16.3 Å². The number of nitrogens with one attached hydrogen (secondary N) is 1. The van der Waals surface area contributed by atoms with Crippen LogP contribution in [0.15, 0.2) is 48.5 Å². The summed E-state index contributed by atoms with van der Waals surface area (Å²) < 4.78 is 5.06. The fraction of sp³-hybridized carbons (Fsp3) is 0.222. The molecular weight excluding hydrogens is 330 g/mol. The third-order valence-corrected chi connectivity index (χ3v) is 3.79. The number of carboxylic acids is 1. The lowest BCUT2D eigenvalue weighted by Gasteiger charge is -2.15. The Bertz CT molecular complexity index is 718. The van der Waals surface area contributed by atoms with Crippen molar-refractivity contribution in [3.05, 3.63) is 64.7 Å². The third-order valence-electron chi connectivity index (χ3n) is 3.50. The number of aliphatic carboxylic acids is 1. The highest BCUT2D eigenvalue weighted by Gasteiger charge is 2.20. The predicted octanol–water partition coefficient (Wildman–Crippen LogP) is 2.70. The minimum atomic E-state index is -1.07. The van der Waals surface area contributed by atoms with Crippen LogP contribution in [0.4, 0.5) is 0 Å². The van der Waals surface area contributed by atoms with E-state index in [1.165, 1.54) is 7.11 Å². The molecule has 0 saturated carbocycles. The SMILES string of the molecule is COc1ccc(CC(=O)N[C@@H](Cc2ccccc2)C(=O)O)cc1Cl. The lowest BCUT2D eigenvalue weighted by Crippen LogP contribution is -2.43. The molecule has 6 heteroatoms. The van der Waals surface area contributed by atoms with Gasteiger partial charge in [0.25, 0.3) is 0 Å². The molecule has 0 bridgehead atoms. The van der Waals surface area contributed by atoms with Gasteiger partial charge in [-0.15, -0.1) is 0 Å². The molecule has 1 atom stereocenters. The number of hydrogen-bond donors (Lipinski definition) is 2. The standard InChI is InChI=1S/C18H18ClNO4/c1-24-16-8-7-13(9-14(16)19)11-17(21)20-15(18(22)23)10-12-5-3-2-4-6-12/h2-9,15H,10-11H2,1H3,(H,20,21)(H,22,23)/t15-/m0/s1. The molecule has 0 spiro atoms. The molecule has 126 valence electrons. The Kier molecular flexibility index (Phi) is 6.21. The number of methoxy groups -OCH3 is 1. The first kappa shape index (κ1) is 17.8. The molecule has 5 nitrogen and oxygen atoms in total. The molecule has 2 aromatic rings. The van der Waals surface area contributed by atoms with E-state index in [0.717, 1.165) is 5.56 Å². The molecule has 0 aliphatic rings. The zero-order valence-electron chi connectivity index (χ0n) is 13.2.